The van der Waals surface area contributed by atoms with E-state index in [4.69, 9.17) is 48.9 Å². The van der Waals surface area contributed by atoms with Gasteiger partial charge in [-0.25, -0.2) is 0 Å². The van der Waals surface area contributed by atoms with Gasteiger partial charge in [0.05, 0.1) is 15.6 Å². The summed E-state index contributed by atoms with van der Waals surface area (Å²) >= 11 is 14.0. The van der Waals surface area contributed by atoms with E-state index < -0.39 is 136 Å². The zero-order valence-electron chi connectivity index (χ0n) is 59.8. The summed E-state index contributed by atoms with van der Waals surface area (Å²) in [7, 11) is 0. The lowest BCUT2D eigenvalue weighted by atomic mass is 9.87. The fourth-order valence-electron chi connectivity index (χ4n) is 13.4. The molecule has 0 saturated heterocycles. The first kappa shape index (κ1) is 79.4. The largest absolute Gasteiger partial charge is 0.508 e. The van der Waals surface area contributed by atoms with Crippen molar-refractivity contribution in [1.82, 2.24) is 53.2 Å². The normalized spacial score (nSPS) is 19.8. The van der Waals surface area contributed by atoms with E-state index >= 15 is 28.8 Å². The van der Waals surface area contributed by atoms with Crippen LogP contribution in [-0.2, 0) is 46.5 Å². The van der Waals surface area contributed by atoms with Gasteiger partial charge in [-0.2, -0.15) is 0 Å². The molecule has 1 unspecified atom stereocenters. The van der Waals surface area contributed by atoms with Crippen LogP contribution in [0.25, 0.3) is 11.1 Å². The SMILES string of the molecule is CCCCCCCCCCNCc1c(O)cc2c(c1O)-c1cc(ccc1O)[C@@H]1NC(=O)[C@H]3NC(=O)[C@H]4NC(=O)[C@H](Cc5ccc(c(Cl)c5)Oc5cc3cc(c5O)Oc3ccc(cc3Cl)C(O)[C@H](NC1=O)C(=O)N[C@@H]2C(=O)NCCCNCCCNCCCN)NC(=O)[C@@H](N)c1ccc(O)c(c1)Oc1cc(O)cc4c1. The van der Waals surface area contributed by atoms with Crippen molar-refractivity contribution in [3.8, 4) is 80.1 Å². The monoisotopic (exact) mass is 1540 g/mol. The number of phenols is 6. The van der Waals surface area contributed by atoms with Gasteiger partial charge >= 0.3 is 0 Å². The van der Waals surface area contributed by atoms with Gasteiger partial charge in [-0.1, -0.05) is 99.3 Å². The number of hydrogen-bond acceptors (Lipinski definition) is 22. The van der Waals surface area contributed by atoms with E-state index in [1.165, 1.54) is 72.8 Å². The summed E-state index contributed by atoms with van der Waals surface area (Å²) in [6.45, 7) is 5.68. The molecule has 8 atom stereocenters. The van der Waals surface area contributed by atoms with Crippen LogP contribution in [0.4, 0.5) is 0 Å². The Morgan fingerprint density at radius 2 is 1.07 bits per heavy atom. The molecule has 31 heteroatoms. The molecular weight excluding hydrogens is 1450 g/mol. The summed E-state index contributed by atoms with van der Waals surface area (Å²) in [5, 5.41) is 113. The van der Waals surface area contributed by atoms with Gasteiger partial charge in [0.2, 0.25) is 47.1 Å². The number of fused-ring (bicyclic) bond motifs is 14. The summed E-state index contributed by atoms with van der Waals surface area (Å²) < 4.78 is 18.7. The number of unbranched alkanes of at least 4 members (excludes halogenated alkanes) is 7. The minimum Gasteiger partial charge on any atom is -0.508 e. The van der Waals surface area contributed by atoms with E-state index in [1.54, 1.807) is 0 Å². The standard InChI is InChI=1S/C78H90Cl2N12O17/c1-2-3-4-5-6-7-8-9-22-85-39-50-56(96)38-49-62(70(50)98)48-32-42(15-17-54(48)94)64-75(103)92-68(78(106)91-67(49)74(102)86-27-12-26-84-25-11-24-83-23-10-21-81)69(97)43-16-20-58(52(80)33-43)109-61-36-45-35-60(71(61)99)108-57-19-13-40(28-51(57)79)29-53-72(100)88-65(76(104)90-66(45)77(105)89-64)44-30-46(93)37-47(31-44)107-59-34-41(14-18-55(59)95)63(82)73(101)87-53/h13-20,28,30-38,53,63-69,83-85,93-99H,2-12,21-27,29,39,81-82H2,1H3,(H,86,102)(H,87,101)(H,88,100)(H,89,105)(H,90,104)(H,91,106)(H,92,103)/t53-,63-,64-,65-,66-,67-,68-,69?/m0/s1. The topological polar surface area (TPSA) is 461 Å². The van der Waals surface area contributed by atoms with E-state index in [9.17, 15) is 40.5 Å². The van der Waals surface area contributed by atoms with E-state index in [-0.39, 0.29) is 103 Å². The fourth-order valence-corrected chi connectivity index (χ4v) is 13.9. The van der Waals surface area contributed by atoms with Gasteiger partial charge in [-0.15, -0.1) is 0 Å². The van der Waals surface area contributed by atoms with E-state index in [2.05, 4.69) is 60.1 Å². The number of amides is 7. The van der Waals surface area contributed by atoms with Crippen molar-refractivity contribution >= 4 is 64.6 Å². The molecule has 13 rings (SSSR count). The Bertz CT molecular complexity index is 4550. The summed E-state index contributed by atoms with van der Waals surface area (Å²) in [5.74, 6) is -13.2. The van der Waals surface area contributed by atoms with Crippen molar-refractivity contribution in [2.75, 3.05) is 45.8 Å². The molecule has 6 aliphatic rings. The molecule has 7 aromatic carbocycles. The van der Waals surface area contributed by atoms with Crippen molar-refractivity contribution in [3.63, 3.8) is 0 Å². The summed E-state index contributed by atoms with van der Waals surface area (Å²) in [5.41, 5.74) is 10.7. The van der Waals surface area contributed by atoms with E-state index in [0.717, 1.165) is 114 Å². The summed E-state index contributed by atoms with van der Waals surface area (Å²) in [6.07, 6.45) is 7.84. The number of rotatable bonds is 23. The molecule has 0 saturated carbocycles. The maximum atomic E-state index is 16.2. The zero-order valence-corrected chi connectivity index (χ0v) is 61.3. The lowest BCUT2D eigenvalue weighted by molar-refractivity contribution is -0.137. The van der Waals surface area contributed by atoms with Crippen LogP contribution in [-0.4, -0.2) is 135 Å². The molecular formula is C78H90Cl2N12O17. The first-order valence-electron chi connectivity index (χ1n) is 36.4. The highest BCUT2D eigenvalue weighted by Gasteiger charge is 2.42. The second kappa shape index (κ2) is 36.5. The number of carbonyl (C=O) groups excluding carboxylic acids is 7. The number of phenolic OH excluding ortho intramolecular Hbond substituents is 6. The van der Waals surface area contributed by atoms with Crippen LogP contribution in [0.1, 0.15) is 158 Å². The first-order chi connectivity index (χ1) is 52.5. The number of halogens is 2. The minimum atomic E-state index is -2.17. The Morgan fingerprint density at radius 1 is 0.495 bits per heavy atom. The number of nitrogens with one attached hydrogen (secondary N) is 10. The summed E-state index contributed by atoms with van der Waals surface area (Å²) in [6, 6.07) is 8.77. The van der Waals surface area contributed by atoms with E-state index in [0.29, 0.717) is 38.2 Å². The second-order valence-electron chi connectivity index (χ2n) is 27.3. The molecule has 109 heavy (non-hydrogen) atoms. The number of aliphatic hydroxyl groups excluding tert-OH is 1. The predicted molar refractivity (Wildman–Crippen MR) is 403 cm³/mol. The maximum Gasteiger partial charge on any atom is 0.248 e. The molecule has 0 spiro atoms. The highest BCUT2D eigenvalue weighted by atomic mass is 35.5. The van der Waals surface area contributed by atoms with Gasteiger partial charge in [-0.05, 0) is 183 Å². The Balaban J connectivity index is 1.06. The van der Waals surface area contributed by atoms with Crippen molar-refractivity contribution in [2.45, 2.75) is 139 Å². The van der Waals surface area contributed by atoms with Crippen molar-refractivity contribution in [2.24, 2.45) is 11.5 Å². The molecule has 7 aromatic rings. The van der Waals surface area contributed by atoms with Crippen LogP contribution < -0.4 is 78.8 Å². The van der Waals surface area contributed by atoms with Crippen LogP contribution in [0, 0.1) is 0 Å². The number of benzene rings is 7. The van der Waals surface area contributed by atoms with Crippen LogP contribution in [0.2, 0.25) is 10.0 Å². The number of aromatic hydroxyl groups is 6. The minimum absolute atomic E-state index is 0.0242. The zero-order chi connectivity index (χ0) is 77.6. The molecule has 7 amide bonds. The Hall–Kier alpha value is -10.6. The highest BCUT2D eigenvalue weighted by Crippen LogP contribution is 2.49. The van der Waals surface area contributed by atoms with Crippen LogP contribution in [0.15, 0.2) is 109 Å². The van der Waals surface area contributed by atoms with Crippen molar-refractivity contribution in [1.29, 1.82) is 0 Å². The van der Waals surface area contributed by atoms with Gasteiger partial charge in [-0.3, -0.25) is 33.6 Å². The average Bonchev–Trinajstić information content (AvgIpc) is 0.758. The lowest BCUT2D eigenvalue weighted by Gasteiger charge is -2.32. The highest BCUT2D eigenvalue weighted by molar-refractivity contribution is 6.32. The smallest absolute Gasteiger partial charge is 0.248 e. The third-order valence-electron chi connectivity index (χ3n) is 19.3. The Kier molecular flexibility index (Phi) is 26.6. The Morgan fingerprint density at radius 3 is 1.75 bits per heavy atom. The van der Waals surface area contributed by atoms with E-state index in [1.807, 2.05) is 0 Å². The molecule has 21 N–H and O–H groups in total. The van der Waals surface area contributed by atoms with Gasteiger partial charge in [0, 0.05) is 36.7 Å². The van der Waals surface area contributed by atoms with Gasteiger partial charge < -0.3 is 115 Å². The molecule has 6 aliphatic heterocycles. The van der Waals surface area contributed by atoms with Crippen molar-refractivity contribution in [3.05, 3.63) is 164 Å². The van der Waals surface area contributed by atoms with Crippen LogP contribution in [0.3, 0.4) is 0 Å². The summed E-state index contributed by atoms with van der Waals surface area (Å²) in [4.78, 5) is 108. The molecule has 17 bridgehead atoms. The molecule has 29 nitrogen and oxygen atoms in total. The molecule has 0 radical (unpaired) electrons. The average molecular weight is 1540 g/mol. The lowest BCUT2D eigenvalue weighted by Crippen LogP contribution is -2.56. The number of ether oxygens (including phenoxy) is 3. The van der Waals surface area contributed by atoms with Crippen molar-refractivity contribution < 1.29 is 83.5 Å². The molecule has 6 heterocycles. The first-order valence-corrected chi connectivity index (χ1v) is 37.2. The van der Waals surface area contributed by atoms with Gasteiger partial charge in [0.15, 0.2) is 23.0 Å². The third-order valence-corrected chi connectivity index (χ3v) is 19.9. The number of carbonyl (C=O) groups is 7. The molecule has 0 fully saturated rings. The predicted octanol–water partition coefficient (Wildman–Crippen LogP) is 7.55. The van der Waals surface area contributed by atoms with Gasteiger partial charge in [0.25, 0.3) is 0 Å². The third kappa shape index (κ3) is 19.3. The van der Waals surface area contributed by atoms with Crippen LogP contribution >= 0.6 is 23.2 Å². The number of hydrogen-bond donors (Lipinski definition) is 19. The Labute approximate surface area is 638 Å². The number of nitrogens with two attached hydrogens (primary N) is 2. The molecule has 0 aliphatic carbocycles. The second-order valence-corrected chi connectivity index (χ2v) is 28.1. The quantitative estimate of drug-likeness (QED) is 0.0275. The molecule has 578 valence electrons. The van der Waals surface area contributed by atoms with Gasteiger partial charge in [0.1, 0.15) is 88.6 Å². The molecule has 0 aromatic heterocycles. The number of aliphatic hydroxyl groups is 1. The fraction of sp³-hybridized carbons (Fsp3) is 0.372. The van der Waals surface area contributed by atoms with Crippen LogP contribution in [0.5, 0.6) is 69.0 Å². The maximum absolute atomic E-state index is 16.2.